The molecule has 1 fully saturated rings. The number of nitrogens with zero attached hydrogens (tertiary/aromatic N) is 4. The van der Waals surface area contributed by atoms with Gasteiger partial charge in [-0.3, -0.25) is 0 Å². The number of benzene rings is 2. The van der Waals surface area contributed by atoms with Crippen LogP contribution in [0, 0.1) is 6.92 Å². The summed E-state index contributed by atoms with van der Waals surface area (Å²) in [6.07, 6.45) is -0.255. The van der Waals surface area contributed by atoms with Crippen LogP contribution < -0.4 is 5.30 Å². The summed E-state index contributed by atoms with van der Waals surface area (Å²) in [5.41, 5.74) is 2.93. The van der Waals surface area contributed by atoms with Crippen molar-refractivity contribution in [3.05, 3.63) is 71.9 Å². The zero-order valence-electron chi connectivity index (χ0n) is 15.8. The molecule has 0 N–H and O–H groups in total. The number of fused-ring (bicyclic) bond motifs is 1. The Balaban J connectivity index is 1.81. The Labute approximate surface area is 169 Å². The third-order valence-corrected chi connectivity index (χ3v) is 9.36. The molecule has 1 saturated carbocycles. The Morgan fingerprint density at radius 2 is 1.68 bits per heavy atom. The molecular formula is C21H21N4OPS. The van der Waals surface area contributed by atoms with Crippen LogP contribution in [0.25, 0.3) is 5.69 Å². The second-order valence-electron chi connectivity index (χ2n) is 7.09. The highest BCUT2D eigenvalue weighted by atomic mass is 32.4. The average Bonchev–Trinajstić information content (AvgIpc) is 3.51. The molecule has 1 atom stereocenters. The molecule has 0 saturated heterocycles. The number of aromatic nitrogens is 2. The lowest BCUT2D eigenvalue weighted by molar-refractivity contribution is 0.423. The number of aliphatic imine (C=N–C) groups is 1. The second-order valence-corrected chi connectivity index (χ2v) is 10.9. The highest BCUT2D eigenvalue weighted by molar-refractivity contribution is 8.15. The summed E-state index contributed by atoms with van der Waals surface area (Å²) in [4.78, 5) is 5.12. The van der Waals surface area contributed by atoms with E-state index >= 15 is 0 Å². The molecule has 2 aliphatic rings. The summed E-state index contributed by atoms with van der Waals surface area (Å²) in [6, 6.07) is 20.7. The van der Waals surface area contributed by atoms with E-state index in [2.05, 4.69) is 16.8 Å². The van der Waals surface area contributed by atoms with E-state index in [4.69, 9.17) is 26.4 Å². The SMILES string of the molecule is COP1(=S)c2c(C)nn(-c3ccccc3)c2N=C(c2ccccc2)N1C1CC1. The zero-order valence-corrected chi connectivity index (χ0v) is 17.5. The largest absolute Gasteiger partial charge is 0.334 e. The minimum atomic E-state index is -2.49. The monoisotopic (exact) mass is 408 g/mol. The molecule has 0 spiro atoms. The Hall–Kier alpha value is -2.27. The van der Waals surface area contributed by atoms with Crippen molar-refractivity contribution in [3.63, 3.8) is 0 Å². The summed E-state index contributed by atoms with van der Waals surface area (Å²) in [5.74, 6) is 1.70. The van der Waals surface area contributed by atoms with Crippen molar-refractivity contribution in [1.82, 2.24) is 14.5 Å². The van der Waals surface area contributed by atoms with Crippen molar-refractivity contribution in [2.24, 2.45) is 4.99 Å². The van der Waals surface area contributed by atoms with Crippen LogP contribution in [0.4, 0.5) is 5.82 Å². The second kappa shape index (κ2) is 6.66. The van der Waals surface area contributed by atoms with Crippen molar-refractivity contribution >= 4 is 35.2 Å². The lowest BCUT2D eigenvalue weighted by atomic mass is 10.2. The highest BCUT2D eigenvalue weighted by Gasteiger charge is 2.47. The van der Waals surface area contributed by atoms with Gasteiger partial charge in [0.2, 0.25) is 0 Å². The van der Waals surface area contributed by atoms with Gasteiger partial charge in [0.25, 0.3) is 0 Å². The Morgan fingerprint density at radius 1 is 1.04 bits per heavy atom. The summed E-state index contributed by atoms with van der Waals surface area (Å²) < 4.78 is 10.3. The summed E-state index contributed by atoms with van der Waals surface area (Å²) in [6.45, 7) is 2.01. The van der Waals surface area contributed by atoms with E-state index in [9.17, 15) is 0 Å². The lowest BCUT2D eigenvalue weighted by Gasteiger charge is -2.39. The molecule has 5 rings (SSSR count). The number of para-hydroxylation sites is 1. The van der Waals surface area contributed by atoms with Crippen LogP contribution in [0.5, 0.6) is 0 Å². The number of hydrogen-bond acceptors (Lipinski definition) is 4. The van der Waals surface area contributed by atoms with Crippen molar-refractivity contribution < 1.29 is 4.52 Å². The molecule has 1 aliphatic carbocycles. The van der Waals surface area contributed by atoms with Crippen LogP contribution in [0.1, 0.15) is 24.1 Å². The van der Waals surface area contributed by atoms with Gasteiger partial charge in [-0.2, -0.15) is 5.10 Å². The number of rotatable bonds is 4. The molecule has 2 aromatic carbocycles. The van der Waals surface area contributed by atoms with Gasteiger partial charge in [0, 0.05) is 18.7 Å². The molecule has 28 heavy (non-hydrogen) atoms. The number of aryl methyl sites for hydroxylation is 1. The van der Waals surface area contributed by atoms with E-state index in [0.29, 0.717) is 6.04 Å². The maximum absolute atomic E-state index is 6.26. The van der Waals surface area contributed by atoms with E-state index in [1.807, 2.05) is 60.1 Å². The van der Waals surface area contributed by atoms with Crippen molar-refractivity contribution in [3.8, 4) is 5.69 Å². The quantitative estimate of drug-likeness (QED) is 0.603. The Bertz CT molecular complexity index is 1110. The summed E-state index contributed by atoms with van der Waals surface area (Å²) in [5, 5.41) is 5.78. The molecule has 2 heterocycles. The molecule has 1 aromatic heterocycles. The summed E-state index contributed by atoms with van der Waals surface area (Å²) in [7, 11) is 1.73. The van der Waals surface area contributed by atoms with Crippen LogP contribution in [-0.2, 0) is 16.3 Å². The maximum atomic E-state index is 6.26. The predicted octanol–water partition coefficient (Wildman–Crippen LogP) is 4.32. The smallest absolute Gasteiger partial charge is 0.192 e. The van der Waals surface area contributed by atoms with E-state index in [0.717, 1.165) is 46.7 Å². The fourth-order valence-corrected chi connectivity index (χ4v) is 7.51. The fraction of sp³-hybridized carbons (Fsp3) is 0.238. The third-order valence-electron chi connectivity index (χ3n) is 5.17. The van der Waals surface area contributed by atoms with Gasteiger partial charge in [0.05, 0.1) is 16.7 Å². The van der Waals surface area contributed by atoms with E-state index in [-0.39, 0.29) is 0 Å². The molecule has 7 heteroatoms. The van der Waals surface area contributed by atoms with Gasteiger partial charge in [0.1, 0.15) is 5.84 Å². The zero-order chi connectivity index (χ0) is 19.3. The summed E-state index contributed by atoms with van der Waals surface area (Å²) >= 11 is 6.26. The molecule has 1 aliphatic heterocycles. The third kappa shape index (κ3) is 2.67. The molecular weight excluding hydrogens is 387 g/mol. The van der Waals surface area contributed by atoms with Gasteiger partial charge in [-0.25, -0.2) is 9.67 Å². The van der Waals surface area contributed by atoms with Crippen LogP contribution in [0.3, 0.4) is 0 Å². The lowest BCUT2D eigenvalue weighted by Crippen LogP contribution is -2.38. The van der Waals surface area contributed by atoms with Crippen LogP contribution >= 0.6 is 6.42 Å². The van der Waals surface area contributed by atoms with Gasteiger partial charge in [-0.05, 0) is 43.7 Å². The van der Waals surface area contributed by atoms with Crippen LogP contribution in [0.2, 0.25) is 0 Å². The first-order chi connectivity index (χ1) is 13.6. The molecule has 0 bridgehead atoms. The Morgan fingerprint density at radius 3 is 2.29 bits per heavy atom. The highest BCUT2D eigenvalue weighted by Crippen LogP contribution is 2.59. The predicted molar refractivity (Wildman–Crippen MR) is 117 cm³/mol. The van der Waals surface area contributed by atoms with Gasteiger partial charge < -0.3 is 9.19 Å². The van der Waals surface area contributed by atoms with Gasteiger partial charge in [0.15, 0.2) is 12.2 Å². The minimum absolute atomic E-state index is 0.386. The Kier molecular flexibility index (Phi) is 4.23. The topological polar surface area (TPSA) is 42.6 Å². The molecule has 1 unspecified atom stereocenters. The maximum Gasteiger partial charge on any atom is 0.192 e. The van der Waals surface area contributed by atoms with Crippen molar-refractivity contribution in [2.75, 3.05) is 7.11 Å². The van der Waals surface area contributed by atoms with E-state index in [1.54, 1.807) is 7.11 Å². The van der Waals surface area contributed by atoms with Crippen LogP contribution in [-0.4, -0.2) is 33.4 Å². The normalized spacial score (nSPS) is 21.4. The first kappa shape index (κ1) is 17.8. The van der Waals surface area contributed by atoms with Crippen molar-refractivity contribution in [2.45, 2.75) is 25.8 Å². The average molecular weight is 408 g/mol. The first-order valence-electron chi connectivity index (χ1n) is 9.38. The number of hydrogen-bond donors (Lipinski definition) is 0. The van der Waals surface area contributed by atoms with Crippen LogP contribution in [0.15, 0.2) is 65.7 Å². The molecule has 5 nitrogen and oxygen atoms in total. The van der Waals surface area contributed by atoms with Crippen molar-refractivity contribution in [1.29, 1.82) is 0 Å². The standard InChI is InChI=1S/C21H21N4OPS/c1-15-19-21(24(23-15)17-11-7-4-8-12-17)22-20(16-9-5-3-6-10-16)25(18-13-14-18)27(19,28)26-2/h3-12,18H,13-14H2,1-2H3. The molecule has 0 amide bonds. The van der Waals surface area contributed by atoms with Gasteiger partial charge in [-0.1, -0.05) is 48.5 Å². The minimum Gasteiger partial charge on any atom is -0.334 e. The van der Waals surface area contributed by atoms with E-state index in [1.165, 1.54) is 0 Å². The first-order valence-corrected chi connectivity index (χ1v) is 12.1. The number of amidine groups is 1. The molecule has 0 radical (unpaired) electrons. The van der Waals surface area contributed by atoms with Gasteiger partial charge >= 0.3 is 0 Å². The van der Waals surface area contributed by atoms with E-state index < -0.39 is 6.42 Å². The van der Waals surface area contributed by atoms with Gasteiger partial charge in [-0.15, -0.1) is 0 Å². The molecule has 3 aromatic rings. The molecule has 142 valence electrons. The fourth-order valence-electron chi connectivity index (χ4n) is 3.74.